The van der Waals surface area contributed by atoms with Crippen molar-refractivity contribution in [2.45, 2.75) is 19.8 Å². The van der Waals surface area contributed by atoms with Gasteiger partial charge >= 0.3 is 0 Å². The largest absolute Gasteiger partial charge is 0.369 e. The lowest BCUT2D eigenvalue weighted by Gasteiger charge is -2.08. The van der Waals surface area contributed by atoms with Crippen LogP contribution < -0.4 is 21.9 Å². The Morgan fingerprint density at radius 1 is 1.40 bits per heavy atom. The third-order valence-corrected chi connectivity index (χ3v) is 3.48. The molecule has 108 valence electrons. The summed E-state index contributed by atoms with van der Waals surface area (Å²) in [6.07, 6.45) is 1.34. The minimum absolute atomic E-state index is 0.0344. The summed E-state index contributed by atoms with van der Waals surface area (Å²) in [6.45, 7) is 3.25. The lowest BCUT2D eigenvalue weighted by Crippen LogP contribution is -2.26. The van der Waals surface area contributed by atoms with Crippen LogP contribution in [0.5, 0.6) is 0 Å². The van der Waals surface area contributed by atoms with Crippen LogP contribution in [-0.2, 0) is 4.79 Å². The number of carbonyl (C=O) groups excluding carboxylic acids is 1. The van der Waals surface area contributed by atoms with E-state index in [1.165, 1.54) is 11.3 Å². The molecule has 5 N–H and O–H groups in total. The van der Waals surface area contributed by atoms with Gasteiger partial charge in [-0.3, -0.25) is 10.2 Å². The Morgan fingerprint density at radius 3 is 3.00 bits per heavy atom. The first-order chi connectivity index (χ1) is 9.74. The van der Waals surface area contributed by atoms with Crippen LogP contribution in [0.2, 0.25) is 0 Å². The number of hydrogen-bond acceptors (Lipinski definition) is 7. The number of fused-ring (bicyclic) bond motifs is 1. The van der Waals surface area contributed by atoms with Gasteiger partial charge in [-0.15, -0.1) is 11.3 Å². The highest BCUT2D eigenvalue weighted by atomic mass is 32.1. The molecule has 0 atom stereocenters. The van der Waals surface area contributed by atoms with Crippen molar-refractivity contribution in [1.29, 1.82) is 0 Å². The third kappa shape index (κ3) is 3.55. The Labute approximate surface area is 121 Å². The molecule has 2 aromatic heterocycles. The molecule has 0 unspecified atom stereocenters. The van der Waals surface area contributed by atoms with Crippen LogP contribution >= 0.6 is 11.3 Å². The van der Waals surface area contributed by atoms with E-state index in [-0.39, 0.29) is 5.91 Å². The quantitative estimate of drug-likeness (QED) is 0.453. The normalized spacial score (nSPS) is 10.5. The van der Waals surface area contributed by atoms with Gasteiger partial charge in [-0.05, 0) is 17.9 Å². The highest BCUT2D eigenvalue weighted by molar-refractivity contribution is 7.16. The predicted molar refractivity (Wildman–Crippen MR) is 81.6 cm³/mol. The van der Waals surface area contributed by atoms with Crippen LogP contribution in [0.25, 0.3) is 10.2 Å². The molecule has 0 aliphatic heterocycles. The van der Waals surface area contributed by atoms with E-state index in [9.17, 15) is 4.79 Å². The van der Waals surface area contributed by atoms with E-state index in [0.29, 0.717) is 31.3 Å². The summed E-state index contributed by atoms with van der Waals surface area (Å²) < 4.78 is 0. The summed E-state index contributed by atoms with van der Waals surface area (Å²) in [4.78, 5) is 20.9. The average Bonchev–Trinajstić information content (AvgIpc) is 2.93. The topological polar surface area (TPSA) is 105 Å². The zero-order chi connectivity index (χ0) is 14.4. The standard InChI is InChI=1S/C12H18N6OS/c1-2-5-14-9(19)3-6-15-10-8-4-7-20-11(8)17-12(16-10)18-13/h4,7H,2-3,5-6,13H2,1H3,(H,14,19)(H2,15,16,17,18). The summed E-state index contributed by atoms with van der Waals surface area (Å²) in [5.41, 5.74) is 2.44. The van der Waals surface area contributed by atoms with Gasteiger partial charge in [-0.2, -0.15) is 4.98 Å². The van der Waals surface area contributed by atoms with Crippen molar-refractivity contribution in [2.75, 3.05) is 23.8 Å². The Kier molecular flexibility index (Phi) is 5.08. The summed E-state index contributed by atoms with van der Waals surface area (Å²) in [6, 6.07) is 1.94. The summed E-state index contributed by atoms with van der Waals surface area (Å²) >= 11 is 1.52. The molecule has 20 heavy (non-hydrogen) atoms. The number of nitrogens with one attached hydrogen (secondary N) is 3. The van der Waals surface area contributed by atoms with E-state index in [1.807, 2.05) is 18.4 Å². The fraction of sp³-hybridized carbons (Fsp3) is 0.417. The second-order valence-electron chi connectivity index (χ2n) is 4.21. The van der Waals surface area contributed by atoms with E-state index in [0.717, 1.165) is 16.6 Å². The molecule has 2 heterocycles. The first kappa shape index (κ1) is 14.5. The number of rotatable bonds is 7. The molecular formula is C12H18N6OS. The van der Waals surface area contributed by atoms with Gasteiger partial charge in [0.05, 0.1) is 5.39 Å². The SMILES string of the molecule is CCCNC(=O)CCNc1nc(NN)nc2sccc12. The number of nitrogens with two attached hydrogens (primary N) is 1. The molecule has 8 heteroatoms. The van der Waals surface area contributed by atoms with Crippen LogP contribution in [0.1, 0.15) is 19.8 Å². The minimum atomic E-state index is 0.0344. The Hall–Kier alpha value is -1.93. The highest BCUT2D eigenvalue weighted by Crippen LogP contribution is 2.26. The average molecular weight is 294 g/mol. The summed E-state index contributed by atoms with van der Waals surface area (Å²) in [5.74, 6) is 6.43. The van der Waals surface area contributed by atoms with Gasteiger partial charge in [0.1, 0.15) is 10.6 Å². The fourth-order valence-electron chi connectivity index (χ4n) is 1.70. The molecule has 0 spiro atoms. The highest BCUT2D eigenvalue weighted by Gasteiger charge is 2.08. The van der Waals surface area contributed by atoms with Gasteiger partial charge in [0.2, 0.25) is 11.9 Å². The van der Waals surface area contributed by atoms with Crippen molar-refractivity contribution < 1.29 is 4.79 Å². The van der Waals surface area contributed by atoms with Crippen molar-refractivity contribution in [3.8, 4) is 0 Å². The molecular weight excluding hydrogens is 276 g/mol. The van der Waals surface area contributed by atoms with Gasteiger partial charge in [0.15, 0.2) is 0 Å². The van der Waals surface area contributed by atoms with Crippen molar-refractivity contribution in [1.82, 2.24) is 15.3 Å². The molecule has 7 nitrogen and oxygen atoms in total. The van der Waals surface area contributed by atoms with Gasteiger partial charge < -0.3 is 10.6 Å². The van der Waals surface area contributed by atoms with Crippen LogP contribution in [0.4, 0.5) is 11.8 Å². The molecule has 0 aliphatic rings. The number of aromatic nitrogens is 2. The maximum absolute atomic E-state index is 11.5. The maximum Gasteiger partial charge on any atom is 0.240 e. The number of nitrogen functional groups attached to an aromatic ring is 1. The molecule has 0 aliphatic carbocycles. The number of anilines is 2. The van der Waals surface area contributed by atoms with E-state index in [4.69, 9.17) is 5.84 Å². The summed E-state index contributed by atoms with van der Waals surface area (Å²) in [5, 5.41) is 8.86. The molecule has 0 saturated heterocycles. The van der Waals surface area contributed by atoms with Gasteiger partial charge in [0, 0.05) is 19.5 Å². The molecule has 0 aromatic carbocycles. The molecule has 0 bridgehead atoms. The Balaban J connectivity index is 1.98. The number of carbonyl (C=O) groups is 1. The van der Waals surface area contributed by atoms with Gasteiger partial charge in [0.25, 0.3) is 0 Å². The van der Waals surface area contributed by atoms with E-state index >= 15 is 0 Å². The minimum Gasteiger partial charge on any atom is -0.369 e. The second kappa shape index (κ2) is 7.01. The molecule has 0 saturated carbocycles. The molecule has 0 radical (unpaired) electrons. The zero-order valence-corrected chi connectivity index (χ0v) is 12.1. The number of amides is 1. The number of nitrogens with zero attached hydrogens (tertiary/aromatic N) is 2. The number of hydrazine groups is 1. The smallest absolute Gasteiger partial charge is 0.240 e. The monoisotopic (exact) mass is 294 g/mol. The zero-order valence-electron chi connectivity index (χ0n) is 11.3. The summed E-state index contributed by atoms with van der Waals surface area (Å²) in [7, 11) is 0. The van der Waals surface area contributed by atoms with Crippen molar-refractivity contribution in [3.63, 3.8) is 0 Å². The van der Waals surface area contributed by atoms with Crippen molar-refractivity contribution in [3.05, 3.63) is 11.4 Å². The first-order valence-electron chi connectivity index (χ1n) is 6.47. The van der Waals surface area contributed by atoms with Crippen molar-refractivity contribution in [2.24, 2.45) is 5.84 Å². The fourth-order valence-corrected chi connectivity index (χ4v) is 2.47. The molecule has 2 aromatic rings. The van der Waals surface area contributed by atoms with Gasteiger partial charge in [-0.25, -0.2) is 10.8 Å². The van der Waals surface area contributed by atoms with E-state index in [2.05, 4.69) is 26.0 Å². The lowest BCUT2D eigenvalue weighted by atomic mass is 10.3. The second-order valence-corrected chi connectivity index (χ2v) is 5.10. The van der Waals surface area contributed by atoms with Gasteiger partial charge in [-0.1, -0.05) is 6.92 Å². The van der Waals surface area contributed by atoms with E-state index < -0.39 is 0 Å². The van der Waals surface area contributed by atoms with Crippen LogP contribution in [-0.4, -0.2) is 29.0 Å². The lowest BCUT2D eigenvalue weighted by molar-refractivity contribution is -0.120. The van der Waals surface area contributed by atoms with Crippen LogP contribution in [0.15, 0.2) is 11.4 Å². The molecule has 1 amide bonds. The van der Waals surface area contributed by atoms with Crippen LogP contribution in [0.3, 0.4) is 0 Å². The number of hydrogen-bond donors (Lipinski definition) is 4. The number of thiophene rings is 1. The van der Waals surface area contributed by atoms with Crippen molar-refractivity contribution >= 4 is 39.2 Å². The van der Waals surface area contributed by atoms with Crippen LogP contribution in [0, 0.1) is 0 Å². The predicted octanol–water partition coefficient (Wildman–Crippen LogP) is 1.31. The Bertz CT molecular complexity index is 584. The maximum atomic E-state index is 11.5. The third-order valence-electron chi connectivity index (χ3n) is 2.67. The molecule has 0 fully saturated rings. The first-order valence-corrected chi connectivity index (χ1v) is 7.35. The Morgan fingerprint density at radius 2 is 2.25 bits per heavy atom. The molecule has 2 rings (SSSR count). The van der Waals surface area contributed by atoms with E-state index in [1.54, 1.807) is 0 Å².